The molecule has 1 aromatic rings. The molecule has 1 rings (SSSR count). The SMILES string of the molecule is CCc1cccc(C)c1NCCCOC. The summed E-state index contributed by atoms with van der Waals surface area (Å²) in [7, 11) is 1.74. The smallest absolute Gasteiger partial charge is 0.0479 e. The Balaban J connectivity index is 2.58. The average Bonchev–Trinajstić information content (AvgIpc) is 2.26. The molecule has 0 spiro atoms. The van der Waals surface area contributed by atoms with Crippen molar-refractivity contribution in [3.8, 4) is 0 Å². The number of ether oxygens (including phenoxy) is 1. The number of hydrogen-bond acceptors (Lipinski definition) is 2. The van der Waals surface area contributed by atoms with E-state index in [0.717, 1.165) is 26.0 Å². The van der Waals surface area contributed by atoms with Crippen molar-refractivity contribution in [2.24, 2.45) is 0 Å². The minimum Gasteiger partial charge on any atom is -0.385 e. The van der Waals surface area contributed by atoms with Crippen LogP contribution in [0.25, 0.3) is 0 Å². The Morgan fingerprint density at radius 3 is 2.80 bits per heavy atom. The van der Waals surface area contributed by atoms with Crippen LogP contribution in [0, 0.1) is 6.92 Å². The van der Waals surface area contributed by atoms with Gasteiger partial charge in [-0.1, -0.05) is 25.1 Å². The summed E-state index contributed by atoms with van der Waals surface area (Å²) in [6.07, 6.45) is 2.13. The van der Waals surface area contributed by atoms with Crippen LogP contribution < -0.4 is 5.32 Å². The van der Waals surface area contributed by atoms with Gasteiger partial charge in [-0.15, -0.1) is 0 Å². The van der Waals surface area contributed by atoms with E-state index in [4.69, 9.17) is 4.74 Å². The number of rotatable bonds is 6. The molecular formula is C13H21NO. The molecular weight excluding hydrogens is 186 g/mol. The molecule has 1 aromatic carbocycles. The van der Waals surface area contributed by atoms with Crippen LogP contribution in [-0.4, -0.2) is 20.3 Å². The first-order chi connectivity index (χ1) is 7.29. The number of nitrogens with one attached hydrogen (secondary N) is 1. The molecule has 0 fully saturated rings. The fraction of sp³-hybridized carbons (Fsp3) is 0.538. The Hall–Kier alpha value is -1.02. The van der Waals surface area contributed by atoms with E-state index in [1.807, 2.05) is 0 Å². The Kier molecular flexibility index (Phi) is 5.19. The van der Waals surface area contributed by atoms with Gasteiger partial charge in [0.2, 0.25) is 0 Å². The zero-order valence-electron chi connectivity index (χ0n) is 9.97. The quantitative estimate of drug-likeness (QED) is 0.724. The van der Waals surface area contributed by atoms with Crippen molar-refractivity contribution >= 4 is 5.69 Å². The van der Waals surface area contributed by atoms with Crippen LogP contribution in [0.2, 0.25) is 0 Å². The lowest BCUT2D eigenvalue weighted by Crippen LogP contribution is -2.07. The topological polar surface area (TPSA) is 21.3 Å². The highest BCUT2D eigenvalue weighted by Crippen LogP contribution is 2.20. The third-order valence-electron chi connectivity index (χ3n) is 2.57. The first kappa shape index (κ1) is 12.1. The predicted octanol–water partition coefficient (Wildman–Crippen LogP) is 3.01. The molecule has 2 nitrogen and oxygen atoms in total. The van der Waals surface area contributed by atoms with Gasteiger partial charge in [-0.2, -0.15) is 0 Å². The van der Waals surface area contributed by atoms with Crippen LogP contribution in [0.15, 0.2) is 18.2 Å². The number of para-hydroxylation sites is 1. The predicted molar refractivity (Wildman–Crippen MR) is 65.5 cm³/mol. The van der Waals surface area contributed by atoms with E-state index < -0.39 is 0 Å². The van der Waals surface area contributed by atoms with Gasteiger partial charge < -0.3 is 10.1 Å². The summed E-state index contributed by atoms with van der Waals surface area (Å²) >= 11 is 0. The molecule has 0 saturated heterocycles. The first-order valence-electron chi connectivity index (χ1n) is 5.61. The van der Waals surface area contributed by atoms with E-state index in [0.29, 0.717) is 0 Å². The zero-order chi connectivity index (χ0) is 11.1. The largest absolute Gasteiger partial charge is 0.385 e. The summed E-state index contributed by atoms with van der Waals surface area (Å²) in [6, 6.07) is 6.46. The molecule has 0 saturated carbocycles. The van der Waals surface area contributed by atoms with Crippen LogP contribution in [0.1, 0.15) is 24.5 Å². The van der Waals surface area contributed by atoms with Crippen LogP contribution >= 0.6 is 0 Å². The van der Waals surface area contributed by atoms with Gasteiger partial charge in [0.1, 0.15) is 0 Å². The first-order valence-corrected chi connectivity index (χ1v) is 5.61. The second-order valence-corrected chi connectivity index (χ2v) is 3.74. The van der Waals surface area contributed by atoms with Gasteiger partial charge in [-0.25, -0.2) is 0 Å². The number of hydrogen-bond donors (Lipinski definition) is 1. The van der Waals surface area contributed by atoms with E-state index in [-0.39, 0.29) is 0 Å². The maximum atomic E-state index is 5.03. The van der Waals surface area contributed by atoms with E-state index in [1.54, 1.807) is 7.11 Å². The monoisotopic (exact) mass is 207 g/mol. The zero-order valence-corrected chi connectivity index (χ0v) is 9.97. The van der Waals surface area contributed by atoms with Gasteiger partial charge >= 0.3 is 0 Å². The van der Waals surface area contributed by atoms with Crippen LogP contribution in [-0.2, 0) is 11.2 Å². The lowest BCUT2D eigenvalue weighted by atomic mass is 10.1. The molecule has 0 bridgehead atoms. The molecule has 0 aliphatic carbocycles. The Labute approximate surface area is 92.6 Å². The fourth-order valence-corrected chi connectivity index (χ4v) is 1.71. The van der Waals surface area contributed by atoms with Crippen molar-refractivity contribution in [2.75, 3.05) is 25.6 Å². The molecule has 0 aliphatic rings. The minimum absolute atomic E-state index is 0.820. The van der Waals surface area contributed by atoms with Gasteiger partial charge in [-0.3, -0.25) is 0 Å². The Morgan fingerprint density at radius 2 is 2.13 bits per heavy atom. The van der Waals surface area contributed by atoms with Crippen LogP contribution in [0.4, 0.5) is 5.69 Å². The normalized spacial score (nSPS) is 10.3. The standard InChI is InChI=1S/C13H21NO/c1-4-12-8-5-7-11(2)13(12)14-9-6-10-15-3/h5,7-8,14H,4,6,9-10H2,1-3H3. The number of aryl methyl sites for hydroxylation is 2. The molecule has 2 heteroatoms. The van der Waals surface area contributed by atoms with Crippen LogP contribution in [0.5, 0.6) is 0 Å². The number of benzene rings is 1. The highest BCUT2D eigenvalue weighted by atomic mass is 16.5. The average molecular weight is 207 g/mol. The molecule has 1 N–H and O–H groups in total. The lowest BCUT2D eigenvalue weighted by Gasteiger charge is -2.13. The van der Waals surface area contributed by atoms with Crippen molar-refractivity contribution in [3.05, 3.63) is 29.3 Å². The number of anilines is 1. The van der Waals surface area contributed by atoms with E-state index in [2.05, 4.69) is 37.4 Å². The summed E-state index contributed by atoms with van der Waals surface area (Å²) in [6.45, 7) is 6.14. The highest BCUT2D eigenvalue weighted by molar-refractivity contribution is 5.57. The Morgan fingerprint density at radius 1 is 1.33 bits per heavy atom. The summed E-state index contributed by atoms with van der Waals surface area (Å²) in [5, 5.41) is 3.49. The van der Waals surface area contributed by atoms with Crippen molar-refractivity contribution in [1.29, 1.82) is 0 Å². The van der Waals surface area contributed by atoms with Crippen molar-refractivity contribution in [3.63, 3.8) is 0 Å². The molecule has 0 unspecified atom stereocenters. The fourth-order valence-electron chi connectivity index (χ4n) is 1.71. The molecule has 0 heterocycles. The maximum Gasteiger partial charge on any atom is 0.0479 e. The molecule has 0 amide bonds. The lowest BCUT2D eigenvalue weighted by molar-refractivity contribution is 0.198. The van der Waals surface area contributed by atoms with E-state index in [9.17, 15) is 0 Å². The molecule has 0 aromatic heterocycles. The van der Waals surface area contributed by atoms with Crippen molar-refractivity contribution in [1.82, 2.24) is 0 Å². The summed E-state index contributed by atoms with van der Waals surface area (Å²) < 4.78 is 5.03. The van der Waals surface area contributed by atoms with E-state index >= 15 is 0 Å². The van der Waals surface area contributed by atoms with Crippen molar-refractivity contribution in [2.45, 2.75) is 26.7 Å². The Bertz CT molecular complexity index is 297. The second kappa shape index (κ2) is 6.46. The highest BCUT2D eigenvalue weighted by Gasteiger charge is 2.02. The molecule has 0 aliphatic heterocycles. The van der Waals surface area contributed by atoms with E-state index in [1.165, 1.54) is 16.8 Å². The van der Waals surface area contributed by atoms with Gasteiger partial charge in [0.15, 0.2) is 0 Å². The number of methoxy groups -OCH3 is 1. The molecule has 15 heavy (non-hydrogen) atoms. The molecule has 0 radical (unpaired) electrons. The summed E-state index contributed by atoms with van der Waals surface area (Å²) in [4.78, 5) is 0. The summed E-state index contributed by atoms with van der Waals surface area (Å²) in [5.41, 5.74) is 4.02. The van der Waals surface area contributed by atoms with Crippen LogP contribution in [0.3, 0.4) is 0 Å². The molecule has 84 valence electrons. The van der Waals surface area contributed by atoms with Gasteiger partial charge in [0.05, 0.1) is 0 Å². The third kappa shape index (κ3) is 3.56. The van der Waals surface area contributed by atoms with Crippen molar-refractivity contribution < 1.29 is 4.74 Å². The molecule has 0 atom stereocenters. The van der Waals surface area contributed by atoms with Gasteiger partial charge in [0, 0.05) is 25.9 Å². The maximum absolute atomic E-state index is 5.03. The second-order valence-electron chi connectivity index (χ2n) is 3.74. The summed E-state index contributed by atoms with van der Waals surface area (Å²) in [5.74, 6) is 0. The van der Waals surface area contributed by atoms with Gasteiger partial charge in [-0.05, 0) is 30.9 Å². The third-order valence-corrected chi connectivity index (χ3v) is 2.57. The van der Waals surface area contributed by atoms with Gasteiger partial charge in [0.25, 0.3) is 0 Å². The minimum atomic E-state index is 0.820.